The molecule has 8 heteroatoms. The Morgan fingerprint density at radius 3 is 2.52 bits per heavy atom. The number of halogens is 1. The SMILES string of the molecule is COCCCn1c(SC(C(=O)OC)c2ccccc2)nnc1-c1ccccc1Cl. The lowest BCUT2D eigenvalue weighted by Crippen LogP contribution is -2.13. The molecule has 0 amide bonds. The van der Waals surface area contributed by atoms with E-state index < -0.39 is 5.25 Å². The Balaban J connectivity index is 1.99. The molecule has 3 aromatic rings. The van der Waals surface area contributed by atoms with E-state index >= 15 is 0 Å². The van der Waals surface area contributed by atoms with E-state index in [1.165, 1.54) is 18.9 Å². The zero-order valence-corrected chi connectivity index (χ0v) is 17.8. The van der Waals surface area contributed by atoms with Crippen LogP contribution in [0.5, 0.6) is 0 Å². The van der Waals surface area contributed by atoms with Crippen LogP contribution in [-0.4, -0.2) is 41.6 Å². The van der Waals surface area contributed by atoms with Crippen molar-refractivity contribution >= 4 is 29.3 Å². The Bertz CT molecular complexity index is 949. The summed E-state index contributed by atoms with van der Waals surface area (Å²) in [4.78, 5) is 12.5. The van der Waals surface area contributed by atoms with Gasteiger partial charge in [0.15, 0.2) is 11.0 Å². The molecule has 29 heavy (non-hydrogen) atoms. The maximum absolute atomic E-state index is 12.5. The van der Waals surface area contributed by atoms with E-state index in [2.05, 4.69) is 10.2 Å². The number of rotatable bonds is 9. The van der Waals surface area contributed by atoms with Gasteiger partial charge in [0.2, 0.25) is 0 Å². The molecule has 0 bridgehead atoms. The Morgan fingerprint density at radius 1 is 1.10 bits per heavy atom. The lowest BCUT2D eigenvalue weighted by atomic mass is 10.1. The first-order chi connectivity index (χ1) is 14.2. The van der Waals surface area contributed by atoms with Gasteiger partial charge >= 0.3 is 5.97 Å². The standard InChI is InChI=1S/C21H22ClN3O3S/c1-27-14-8-13-25-19(16-11-6-7-12-17(16)22)23-24-21(25)29-18(20(26)28-2)15-9-4-3-5-10-15/h3-7,9-12,18H,8,13-14H2,1-2H3. The zero-order valence-electron chi connectivity index (χ0n) is 16.2. The van der Waals surface area contributed by atoms with Gasteiger partial charge in [0.1, 0.15) is 5.25 Å². The van der Waals surface area contributed by atoms with Crippen molar-refractivity contribution in [1.82, 2.24) is 14.8 Å². The number of esters is 1. The van der Waals surface area contributed by atoms with Crippen LogP contribution in [0.4, 0.5) is 0 Å². The Labute approximate surface area is 179 Å². The predicted molar refractivity (Wildman–Crippen MR) is 114 cm³/mol. The minimum atomic E-state index is -0.550. The van der Waals surface area contributed by atoms with Crippen LogP contribution in [0.15, 0.2) is 59.8 Å². The van der Waals surface area contributed by atoms with Gasteiger partial charge in [-0.2, -0.15) is 0 Å². The number of hydrogen-bond acceptors (Lipinski definition) is 6. The molecule has 1 unspecified atom stereocenters. The summed E-state index contributed by atoms with van der Waals surface area (Å²) < 4.78 is 12.2. The summed E-state index contributed by atoms with van der Waals surface area (Å²) >= 11 is 7.70. The average molecular weight is 432 g/mol. The third-order valence-corrected chi connectivity index (χ3v) is 5.85. The van der Waals surface area contributed by atoms with Crippen molar-refractivity contribution in [3.63, 3.8) is 0 Å². The van der Waals surface area contributed by atoms with Gasteiger partial charge < -0.3 is 14.0 Å². The summed E-state index contributed by atoms with van der Waals surface area (Å²) in [6.07, 6.45) is 0.772. The summed E-state index contributed by atoms with van der Waals surface area (Å²) in [6.45, 7) is 1.23. The summed E-state index contributed by atoms with van der Waals surface area (Å²) in [5.74, 6) is 0.317. The number of carbonyl (C=O) groups excluding carboxylic acids is 1. The molecule has 0 saturated carbocycles. The molecule has 0 aliphatic carbocycles. The summed E-state index contributed by atoms with van der Waals surface area (Å²) in [5, 5.41) is 9.40. The minimum absolute atomic E-state index is 0.341. The maximum Gasteiger partial charge on any atom is 0.323 e. The van der Waals surface area contributed by atoms with Crippen molar-refractivity contribution in [2.24, 2.45) is 0 Å². The van der Waals surface area contributed by atoms with Crippen molar-refractivity contribution in [2.45, 2.75) is 23.4 Å². The number of aromatic nitrogens is 3. The molecular formula is C21H22ClN3O3S. The lowest BCUT2D eigenvalue weighted by Gasteiger charge is -2.16. The van der Waals surface area contributed by atoms with Crippen LogP contribution >= 0.6 is 23.4 Å². The molecule has 2 aromatic carbocycles. The fourth-order valence-electron chi connectivity index (χ4n) is 2.88. The van der Waals surface area contributed by atoms with Gasteiger partial charge in [-0.25, -0.2) is 0 Å². The van der Waals surface area contributed by atoms with Crippen molar-refractivity contribution < 1.29 is 14.3 Å². The molecule has 0 aliphatic rings. The number of hydrogen-bond donors (Lipinski definition) is 0. The molecule has 0 fully saturated rings. The van der Waals surface area contributed by atoms with E-state index in [1.54, 1.807) is 7.11 Å². The summed E-state index contributed by atoms with van der Waals surface area (Å²) in [6, 6.07) is 17.0. The van der Waals surface area contributed by atoms with E-state index in [9.17, 15) is 4.79 Å². The number of nitrogens with zero attached hydrogens (tertiary/aromatic N) is 3. The molecule has 1 heterocycles. The van der Waals surface area contributed by atoms with Gasteiger partial charge in [0.05, 0.1) is 12.1 Å². The predicted octanol–water partition coefficient (Wildman–Crippen LogP) is 4.64. The first kappa shape index (κ1) is 21.4. The highest BCUT2D eigenvalue weighted by Crippen LogP contribution is 2.37. The molecule has 152 valence electrons. The van der Waals surface area contributed by atoms with Gasteiger partial charge in [-0.15, -0.1) is 10.2 Å². The minimum Gasteiger partial charge on any atom is -0.468 e. The van der Waals surface area contributed by atoms with Crippen LogP contribution < -0.4 is 0 Å². The van der Waals surface area contributed by atoms with Crippen LogP contribution in [-0.2, 0) is 20.8 Å². The third-order valence-electron chi connectivity index (χ3n) is 4.30. The molecule has 6 nitrogen and oxygen atoms in total. The second-order valence-corrected chi connectivity index (χ2v) is 7.70. The number of methoxy groups -OCH3 is 2. The molecule has 0 radical (unpaired) electrons. The molecule has 0 N–H and O–H groups in total. The van der Waals surface area contributed by atoms with Crippen LogP contribution in [0.1, 0.15) is 17.2 Å². The Kier molecular flexibility index (Phi) is 7.69. The maximum atomic E-state index is 12.5. The van der Waals surface area contributed by atoms with E-state index in [0.29, 0.717) is 29.2 Å². The molecule has 0 spiro atoms. The Hall–Kier alpha value is -2.35. The number of thioether (sulfide) groups is 1. The fraction of sp³-hybridized carbons (Fsp3) is 0.286. The molecule has 0 saturated heterocycles. The molecule has 3 rings (SSSR count). The second kappa shape index (κ2) is 10.4. The van der Waals surface area contributed by atoms with Crippen LogP contribution in [0.3, 0.4) is 0 Å². The third kappa shape index (κ3) is 5.18. The number of benzene rings is 2. The molecule has 1 aromatic heterocycles. The topological polar surface area (TPSA) is 66.2 Å². The van der Waals surface area contributed by atoms with Crippen molar-refractivity contribution in [3.05, 3.63) is 65.2 Å². The van der Waals surface area contributed by atoms with Gasteiger partial charge in [-0.3, -0.25) is 4.79 Å². The highest BCUT2D eigenvalue weighted by atomic mass is 35.5. The normalized spacial score (nSPS) is 12.0. The monoisotopic (exact) mass is 431 g/mol. The van der Waals surface area contributed by atoms with Gasteiger partial charge in [0, 0.05) is 25.8 Å². The average Bonchev–Trinajstić information content (AvgIpc) is 3.15. The van der Waals surface area contributed by atoms with E-state index in [-0.39, 0.29) is 5.97 Å². The Morgan fingerprint density at radius 2 is 1.83 bits per heavy atom. The highest BCUT2D eigenvalue weighted by Gasteiger charge is 2.27. The van der Waals surface area contributed by atoms with Crippen LogP contribution in [0.25, 0.3) is 11.4 Å². The zero-order chi connectivity index (χ0) is 20.6. The highest BCUT2D eigenvalue weighted by molar-refractivity contribution is 8.00. The summed E-state index contributed by atoms with van der Waals surface area (Å²) in [5.41, 5.74) is 1.63. The van der Waals surface area contributed by atoms with Gasteiger partial charge in [-0.05, 0) is 24.1 Å². The molecule has 0 aliphatic heterocycles. The first-order valence-electron chi connectivity index (χ1n) is 9.12. The lowest BCUT2D eigenvalue weighted by molar-refractivity contribution is -0.140. The smallest absolute Gasteiger partial charge is 0.323 e. The van der Waals surface area contributed by atoms with Gasteiger partial charge in [0.25, 0.3) is 0 Å². The molecule has 1 atom stereocenters. The van der Waals surface area contributed by atoms with E-state index in [4.69, 9.17) is 21.1 Å². The van der Waals surface area contributed by atoms with Gasteiger partial charge in [-0.1, -0.05) is 65.8 Å². The van der Waals surface area contributed by atoms with Crippen molar-refractivity contribution in [3.8, 4) is 11.4 Å². The van der Waals surface area contributed by atoms with Crippen LogP contribution in [0.2, 0.25) is 5.02 Å². The van der Waals surface area contributed by atoms with E-state index in [1.807, 2.05) is 59.2 Å². The van der Waals surface area contributed by atoms with Crippen LogP contribution in [0, 0.1) is 0 Å². The van der Waals surface area contributed by atoms with Crippen molar-refractivity contribution in [1.29, 1.82) is 0 Å². The van der Waals surface area contributed by atoms with Crippen molar-refractivity contribution in [2.75, 3.05) is 20.8 Å². The largest absolute Gasteiger partial charge is 0.468 e. The van der Waals surface area contributed by atoms with E-state index in [0.717, 1.165) is 17.5 Å². The second-order valence-electron chi connectivity index (χ2n) is 6.22. The number of ether oxygens (including phenoxy) is 2. The molecular weight excluding hydrogens is 410 g/mol. The first-order valence-corrected chi connectivity index (χ1v) is 10.4. The summed E-state index contributed by atoms with van der Waals surface area (Å²) in [7, 11) is 3.05. The number of carbonyl (C=O) groups is 1. The fourth-order valence-corrected chi connectivity index (χ4v) is 4.19. The quantitative estimate of drug-likeness (QED) is 0.279.